The Hall–Kier alpha value is -3.12. The third-order valence-corrected chi connectivity index (χ3v) is 5.06. The van der Waals surface area contributed by atoms with E-state index in [1.807, 2.05) is 30.3 Å². The summed E-state index contributed by atoms with van der Waals surface area (Å²) in [5.74, 6) is 0.0525. The molecule has 0 fully saturated rings. The first-order valence-corrected chi connectivity index (χ1v) is 9.82. The molecule has 29 heavy (non-hydrogen) atoms. The smallest absolute Gasteiger partial charge is 0.253 e. The number of para-hydroxylation sites is 2. The molecule has 0 aliphatic heterocycles. The van der Waals surface area contributed by atoms with Crippen LogP contribution in [0.4, 0.5) is 5.69 Å². The number of ether oxygens (including phenoxy) is 1. The lowest BCUT2D eigenvalue weighted by atomic mass is 10.1. The predicted octanol–water partition coefficient (Wildman–Crippen LogP) is 4.53. The topological polar surface area (TPSA) is 58.6 Å². The molecule has 0 bridgehead atoms. The first-order valence-electron chi connectivity index (χ1n) is 9.03. The van der Waals surface area contributed by atoms with E-state index >= 15 is 0 Å². The number of hydrogen-bond acceptors (Lipinski definition) is 4. The van der Waals surface area contributed by atoms with Gasteiger partial charge in [-0.2, -0.15) is 0 Å². The number of ketones is 1. The van der Waals surface area contributed by atoms with Crippen molar-refractivity contribution in [2.24, 2.45) is 0 Å². The van der Waals surface area contributed by atoms with Crippen molar-refractivity contribution in [3.63, 3.8) is 0 Å². The van der Waals surface area contributed by atoms with E-state index in [4.69, 9.17) is 4.74 Å². The summed E-state index contributed by atoms with van der Waals surface area (Å²) in [6.07, 6.45) is -0.912. The standard InChI is InChI=1S/C23H21BrN2O3/c1-26(19-10-6-7-11-20(19)29-2)22(21(27)16-8-4-3-5-9-16)25-23(28)17-12-14-18(24)15-13-17/h3-15,22H,1-2H3,(H,25,28)/t22-/m1/s1. The Bertz CT molecular complexity index is 991. The molecule has 0 aromatic heterocycles. The van der Waals surface area contributed by atoms with Crippen molar-refractivity contribution < 1.29 is 14.3 Å². The first-order chi connectivity index (χ1) is 14.0. The van der Waals surface area contributed by atoms with Gasteiger partial charge in [0.15, 0.2) is 6.17 Å². The SMILES string of the molecule is COc1ccccc1N(C)[C@@H](NC(=O)c1ccc(Br)cc1)C(=O)c1ccccc1. The molecule has 6 heteroatoms. The summed E-state index contributed by atoms with van der Waals surface area (Å²) >= 11 is 3.36. The van der Waals surface area contributed by atoms with Crippen molar-refractivity contribution in [1.82, 2.24) is 5.32 Å². The van der Waals surface area contributed by atoms with Gasteiger partial charge in [-0.1, -0.05) is 58.4 Å². The molecule has 1 atom stereocenters. The van der Waals surface area contributed by atoms with Gasteiger partial charge in [-0.05, 0) is 36.4 Å². The monoisotopic (exact) mass is 452 g/mol. The molecule has 0 aliphatic carbocycles. The van der Waals surface area contributed by atoms with Crippen LogP contribution in [0.25, 0.3) is 0 Å². The number of rotatable bonds is 7. The molecular formula is C23H21BrN2O3. The summed E-state index contributed by atoms with van der Waals surface area (Å²) < 4.78 is 6.31. The Morgan fingerprint density at radius 3 is 2.17 bits per heavy atom. The van der Waals surface area contributed by atoms with E-state index in [2.05, 4.69) is 21.2 Å². The minimum absolute atomic E-state index is 0.218. The van der Waals surface area contributed by atoms with Gasteiger partial charge in [0, 0.05) is 22.6 Å². The number of carbonyl (C=O) groups excluding carboxylic acids is 2. The number of nitrogens with one attached hydrogen (secondary N) is 1. The second-order valence-corrected chi connectivity index (χ2v) is 7.31. The molecule has 0 unspecified atom stereocenters. The van der Waals surface area contributed by atoms with Crippen LogP contribution in [0.2, 0.25) is 0 Å². The molecule has 0 saturated heterocycles. The van der Waals surface area contributed by atoms with Crippen molar-refractivity contribution in [3.05, 3.63) is 94.5 Å². The zero-order valence-corrected chi connectivity index (χ0v) is 17.7. The molecular weight excluding hydrogens is 432 g/mol. The fourth-order valence-electron chi connectivity index (χ4n) is 2.97. The number of carbonyl (C=O) groups is 2. The van der Waals surface area contributed by atoms with Crippen molar-refractivity contribution in [3.8, 4) is 5.75 Å². The number of Topliss-reactive ketones (excluding diaryl/α,β-unsaturated/α-hetero) is 1. The van der Waals surface area contributed by atoms with Gasteiger partial charge < -0.3 is 15.0 Å². The lowest BCUT2D eigenvalue weighted by molar-refractivity contribution is 0.0857. The zero-order chi connectivity index (χ0) is 20.8. The summed E-state index contributed by atoms with van der Waals surface area (Å²) in [4.78, 5) is 27.8. The third-order valence-electron chi connectivity index (χ3n) is 4.53. The van der Waals surface area contributed by atoms with Gasteiger partial charge in [-0.3, -0.25) is 9.59 Å². The highest BCUT2D eigenvalue weighted by Crippen LogP contribution is 2.28. The lowest BCUT2D eigenvalue weighted by Crippen LogP contribution is -2.52. The van der Waals surface area contributed by atoms with Gasteiger partial charge in [0.1, 0.15) is 5.75 Å². The van der Waals surface area contributed by atoms with E-state index in [0.29, 0.717) is 22.6 Å². The zero-order valence-electron chi connectivity index (χ0n) is 16.1. The van der Waals surface area contributed by atoms with Crippen LogP contribution < -0.4 is 15.0 Å². The number of methoxy groups -OCH3 is 1. The van der Waals surface area contributed by atoms with Gasteiger partial charge in [0.25, 0.3) is 5.91 Å². The third kappa shape index (κ3) is 4.84. The molecule has 3 rings (SSSR count). The highest BCUT2D eigenvalue weighted by Gasteiger charge is 2.28. The van der Waals surface area contributed by atoms with Crippen LogP contribution in [-0.4, -0.2) is 32.0 Å². The van der Waals surface area contributed by atoms with E-state index in [1.54, 1.807) is 67.6 Å². The maximum Gasteiger partial charge on any atom is 0.253 e. The summed E-state index contributed by atoms with van der Waals surface area (Å²) in [6, 6.07) is 23.2. The van der Waals surface area contributed by atoms with Gasteiger partial charge in [-0.25, -0.2) is 0 Å². The van der Waals surface area contributed by atoms with E-state index < -0.39 is 6.17 Å². The number of benzene rings is 3. The number of likely N-dealkylation sites (N-methyl/N-ethyl adjacent to an activating group) is 1. The molecule has 1 N–H and O–H groups in total. The molecule has 148 valence electrons. The predicted molar refractivity (Wildman–Crippen MR) is 118 cm³/mol. The second-order valence-electron chi connectivity index (χ2n) is 6.40. The first kappa shape index (κ1) is 20.6. The number of amides is 1. The number of anilines is 1. The molecule has 3 aromatic rings. The van der Waals surface area contributed by atoms with Crippen LogP contribution in [0.5, 0.6) is 5.75 Å². The average molecular weight is 453 g/mol. The molecule has 0 radical (unpaired) electrons. The number of hydrogen-bond donors (Lipinski definition) is 1. The van der Waals surface area contributed by atoms with Gasteiger partial charge in [0.05, 0.1) is 12.8 Å². The van der Waals surface area contributed by atoms with E-state index in [-0.39, 0.29) is 11.7 Å². The van der Waals surface area contributed by atoms with Crippen molar-refractivity contribution >= 4 is 33.3 Å². The van der Waals surface area contributed by atoms with Crippen molar-refractivity contribution in [2.75, 3.05) is 19.1 Å². The quantitative estimate of drug-likeness (QED) is 0.422. The van der Waals surface area contributed by atoms with E-state index in [1.165, 1.54) is 0 Å². The molecule has 0 spiro atoms. The van der Waals surface area contributed by atoms with Crippen LogP contribution >= 0.6 is 15.9 Å². The Kier molecular flexibility index (Phi) is 6.67. The normalized spacial score (nSPS) is 11.4. The fraction of sp³-hybridized carbons (Fsp3) is 0.130. The highest BCUT2D eigenvalue weighted by atomic mass is 79.9. The van der Waals surface area contributed by atoms with Gasteiger partial charge in [0.2, 0.25) is 5.78 Å². The lowest BCUT2D eigenvalue weighted by Gasteiger charge is -2.30. The van der Waals surface area contributed by atoms with Crippen LogP contribution in [0.15, 0.2) is 83.3 Å². The van der Waals surface area contributed by atoms with Crippen LogP contribution in [0.3, 0.4) is 0 Å². The van der Waals surface area contributed by atoms with Crippen LogP contribution in [0.1, 0.15) is 20.7 Å². The number of halogens is 1. The summed E-state index contributed by atoms with van der Waals surface area (Å²) in [5.41, 5.74) is 1.67. The van der Waals surface area contributed by atoms with Crippen LogP contribution in [0, 0.1) is 0 Å². The largest absolute Gasteiger partial charge is 0.495 e. The molecule has 0 heterocycles. The van der Waals surface area contributed by atoms with Crippen molar-refractivity contribution in [1.29, 1.82) is 0 Å². The van der Waals surface area contributed by atoms with Gasteiger partial charge in [-0.15, -0.1) is 0 Å². The van der Waals surface area contributed by atoms with Gasteiger partial charge >= 0.3 is 0 Å². The Labute approximate surface area is 178 Å². The van der Waals surface area contributed by atoms with Crippen LogP contribution in [-0.2, 0) is 0 Å². The summed E-state index contributed by atoms with van der Waals surface area (Å²) in [7, 11) is 3.33. The minimum Gasteiger partial charge on any atom is -0.495 e. The Balaban J connectivity index is 1.96. The second kappa shape index (κ2) is 9.39. The fourth-order valence-corrected chi connectivity index (χ4v) is 3.23. The minimum atomic E-state index is -0.912. The molecule has 3 aromatic carbocycles. The average Bonchev–Trinajstić information content (AvgIpc) is 2.77. The van der Waals surface area contributed by atoms with E-state index in [9.17, 15) is 9.59 Å². The molecule has 1 amide bonds. The molecule has 0 aliphatic rings. The Morgan fingerprint density at radius 2 is 1.52 bits per heavy atom. The van der Waals surface area contributed by atoms with Crippen molar-refractivity contribution in [2.45, 2.75) is 6.17 Å². The number of nitrogens with zero attached hydrogens (tertiary/aromatic N) is 1. The van der Waals surface area contributed by atoms with E-state index in [0.717, 1.165) is 4.47 Å². The molecule has 5 nitrogen and oxygen atoms in total. The summed E-state index contributed by atoms with van der Waals surface area (Å²) in [5, 5.41) is 2.87. The highest BCUT2D eigenvalue weighted by molar-refractivity contribution is 9.10. The Morgan fingerprint density at radius 1 is 0.897 bits per heavy atom. The summed E-state index contributed by atoms with van der Waals surface area (Å²) in [6.45, 7) is 0. The maximum absolute atomic E-state index is 13.3. The molecule has 0 saturated carbocycles. The maximum atomic E-state index is 13.3.